The first kappa shape index (κ1) is 42.2. The number of anilines is 4. The van der Waals surface area contributed by atoms with Gasteiger partial charge in [-0.3, -0.25) is 34.1 Å². The number of nitrogens with zero attached hydrogens (tertiary/aromatic N) is 7. The van der Waals surface area contributed by atoms with Crippen LogP contribution < -0.4 is 36.0 Å². The lowest BCUT2D eigenvalue weighted by molar-refractivity contribution is -0.137. The number of benzene rings is 2. The molecule has 5 aliphatic heterocycles. The van der Waals surface area contributed by atoms with E-state index in [4.69, 9.17) is 21.3 Å². The Labute approximate surface area is 369 Å². The number of fused-ring (bicyclic) bond motifs is 2. The molecule has 2 aromatic heterocycles. The molecule has 2 atom stereocenters. The van der Waals surface area contributed by atoms with Gasteiger partial charge >= 0.3 is 0 Å². The molecule has 2 unspecified atom stereocenters. The zero-order valence-corrected chi connectivity index (χ0v) is 36.4. The van der Waals surface area contributed by atoms with E-state index < -0.39 is 17.4 Å². The van der Waals surface area contributed by atoms with Gasteiger partial charge in [0.25, 0.3) is 17.4 Å². The second kappa shape index (κ2) is 16.9. The number of pyridine rings is 1. The fourth-order valence-corrected chi connectivity index (χ4v) is 10.1. The number of amides is 5. The lowest BCUT2D eigenvalue weighted by Crippen LogP contribution is -2.52. The number of hydrogen-bond acceptors (Lipinski definition) is 12. The predicted octanol–water partition coefficient (Wildman–Crippen LogP) is 4.00. The first-order chi connectivity index (χ1) is 30.3. The number of likely N-dealkylation sites (tertiary alicyclic amines) is 1. The Kier molecular flexibility index (Phi) is 11.3. The van der Waals surface area contributed by atoms with Crippen LogP contribution in [0.5, 0.6) is 5.75 Å². The number of rotatable bonds is 11. The van der Waals surface area contributed by atoms with Crippen molar-refractivity contribution in [3.8, 4) is 5.75 Å². The van der Waals surface area contributed by atoms with E-state index in [1.54, 1.807) is 22.9 Å². The van der Waals surface area contributed by atoms with Crippen molar-refractivity contribution in [2.75, 3.05) is 68.0 Å². The van der Waals surface area contributed by atoms with Gasteiger partial charge in [0.1, 0.15) is 11.1 Å². The highest BCUT2D eigenvalue weighted by Crippen LogP contribution is 2.44. The van der Waals surface area contributed by atoms with Gasteiger partial charge < -0.3 is 39.5 Å². The first-order valence-corrected chi connectivity index (χ1v) is 22.1. The smallest absolute Gasteiger partial charge is 0.293 e. The number of halogens is 1. The Morgan fingerprint density at radius 2 is 1.79 bits per heavy atom. The van der Waals surface area contributed by atoms with Crippen molar-refractivity contribution in [2.24, 2.45) is 11.3 Å². The number of nitrogens with one attached hydrogen (secondary N) is 3. The van der Waals surface area contributed by atoms with Crippen molar-refractivity contribution >= 4 is 75.2 Å². The Morgan fingerprint density at radius 3 is 2.56 bits per heavy atom. The van der Waals surface area contributed by atoms with Gasteiger partial charge in [0, 0.05) is 81.1 Å². The SMILES string of the molecule is CNC(=O)COc1cc2cc(Nc3nc(N4CCC(CN5CCC6(CCN(c7ccc8c(c7)CN(C7CCC(=O)NC7=O)C8=O)C6=O)C5)CC4)ncc3Cl)ccc2n(C(C)C)c1=O. The second-order valence-corrected chi connectivity index (χ2v) is 18.1. The lowest BCUT2D eigenvalue weighted by Gasteiger charge is -2.34. The molecule has 0 radical (unpaired) electrons. The average molecular weight is 879 g/mol. The van der Waals surface area contributed by atoms with Crippen molar-refractivity contribution < 1.29 is 28.7 Å². The number of imide groups is 1. The van der Waals surface area contributed by atoms with Gasteiger partial charge in [0.05, 0.1) is 17.1 Å². The van der Waals surface area contributed by atoms with Crippen LogP contribution in [0.2, 0.25) is 5.02 Å². The van der Waals surface area contributed by atoms with Crippen LogP contribution >= 0.6 is 11.6 Å². The number of aromatic nitrogens is 3. The van der Waals surface area contributed by atoms with Gasteiger partial charge in [0.15, 0.2) is 18.2 Å². The van der Waals surface area contributed by atoms with Crippen LogP contribution in [0, 0.1) is 11.3 Å². The molecular formula is C45H51ClN10O7. The standard InChI is InChI=1S/C45H51ClN10O7/c1-26(2)56-34-7-4-30(18-28(34)20-36(42(56)61)63-24-38(58)47-3)49-39-33(46)21-48-44(51-39)53-14-10-27(11-15-53)22-52-16-12-45(25-52)13-17-54(43(45)62)31-5-6-32-29(19-31)23-55(41(32)60)35-8-9-37(57)50-40(35)59/h4-7,18-21,26-27,35H,8-17,22-25H2,1-3H3,(H,47,58)(H,48,49,51)(H,50,57,59). The maximum absolute atomic E-state index is 14.1. The normalized spacial score (nSPS) is 21.9. The molecule has 5 aliphatic rings. The Morgan fingerprint density at radius 1 is 1.00 bits per heavy atom. The molecule has 63 heavy (non-hydrogen) atoms. The molecule has 7 heterocycles. The number of carbonyl (C=O) groups excluding carboxylic acids is 5. The minimum atomic E-state index is -0.681. The molecule has 330 valence electrons. The van der Waals surface area contributed by atoms with E-state index in [-0.39, 0.29) is 60.6 Å². The molecule has 18 heteroatoms. The van der Waals surface area contributed by atoms with E-state index >= 15 is 0 Å². The number of piperidine rings is 2. The fourth-order valence-electron chi connectivity index (χ4n) is 9.93. The highest BCUT2D eigenvalue weighted by atomic mass is 35.5. The first-order valence-electron chi connectivity index (χ1n) is 21.7. The van der Waals surface area contributed by atoms with E-state index in [1.807, 2.05) is 49.1 Å². The zero-order chi connectivity index (χ0) is 44.2. The summed E-state index contributed by atoms with van der Waals surface area (Å²) in [5.41, 5.74) is 2.78. The van der Waals surface area contributed by atoms with Crippen LogP contribution in [0.4, 0.5) is 23.1 Å². The Hall–Kier alpha value is -6.07. The Bertz CT molecular complexity index is 2590. The Balaban J connectivity index is 0.801. The summed E-state index contributed by atoms with van der Waals surface area (Å²) >= 11 is 6.62. The van der Waals surface area contributed by atoms with Crippen molar-refractivity contribution in [1.82, 2.24) is 35.0 Å². The third kappa shape index (κ3) is 8.08. The van der Waals surface area contributed by atoms with Crippen LogP contribution in [-0.4, -0.2) is 113 Å². The molecule has 4 saturated heterocycles. The van der Waals surface area contributed by atoms with Crippen molar-refractivity contribution in [1.29, 1.82) is 0 Å². The molecule has 17 nitrogen and oxygen atoms in total. The summed E-state index contributed by atoms with van der Waals surface area (Å²) in [5, 5.41) is 9.29. The molecule has 0 aliphatic carbocycles. The van der Waals surface area contributed by atoms with Crippen LogP contribution in [0.1, 0.15) is 74.3 Å². The van der Waals surface area contributed by atoms with Gasteiger partial charge in [0.2, 0.25) is 23.7 Å². The summed E-state index contributed by atoms with van der Waals surface area (Å²) in [6, 6.07) is 12.0. The fraction of sp³-hybridized carbons (Fsp3) is 0.467. The van der Waals surface area contributed by atoms with Gasteiger partial charge in [-0.15, -0.1) is 0 Å². The summed E-state index contributed by atoms with van der Waals surface area (Å²) in [4.78, 5) is 94.1. The topological polar surface area (TPSA) is 191 Å². The van der Waals surface area contributed by atoms with Crippen molar-refractivity contribution in [3.63, 3.8) is 0 Å². The minimum Gasteiger partial charge on any atom is -0.478 e. The van der Waals surface area contributed by atoms with Crippen molar-refractivity contribution in [2.45, 2.75) is 71.0 Å². The third-order valence-corrected chi connectivity index (χ3v) is 13.6. The maximum Gasteiger partial charge on any atom is 0.293 e. The van der Waals surface area contributed by atoms with E-state index in [1.165, 1.54) is 11.9 Å². The molecule has 0 saturated carbocycles. The minimum absolute atomic E-state index is 0.0840. The molecule has 4 fully saturated rings. The van der Waals surface area contributed by atoms with Crippen molar-refractivity contribution in [3.05, 3.63) is 75.2 Å². The van der Waals surface area contributed by atoms with Gasteiger partial charge in [-0.05, 0) is 106 Å². The number of ether oxygens (including phenoxy) is 1. The van der Waals surface area contributed by atoms with E-state index in [9.17, 15) is 28.8 Å². The summed E-state index contributed by atoms with van der Waals surface area (Å²) in [5.74, 6) is 0.385. The summed E-state index contributed by atoms with van der Waals surface area (Å²) in [6.07, 6.45) is 5.59. The molecule has 4 aromatic rings. The largest absolute Gasteiger partial charge is 0.478 e. The van der Waals surface area contributed by atoms with Gasteiger partial charge in [-0.2, -0.15) is 4.98 Å². The predicted molar refractivity (Wildman–Crippen MR) is 236 cm³/mol. The second-order valence-electron chi connectivity index (χ2n) is 17.6. The third-order valence-electron chi connectivity index (χ3n) is 13.3. The van der Waals surface area contributed by atoms with E-state index in [0.29, 0.717) is 46.9 Å². The highest BCUT2D eigenvalue weighted by Gasteiger charge is 2.51. The molecule has 5 amide bonds. The summed E-state index contributed by atoms with van der Waals surface area (Å²) in [7, 11) is 1.51. The van der Waals surface area contributed by atoms with E-state index in [2.05, 4.69) is 30.7 Å². The monoisotopic (exact) mass is 878 g/mol. The summed E-state index contributed by atoms with van der Waals surface area (Å²) < 4.78 is 7.26. The molecule has 2 aromatic carbocycles. The zero-order valence-electron chi connectivity index (χ0n) is 35.6. The van der Waals surface area contributed by atoms with Crippen LogP contribution in [-0.2, 0) is 25.7 Å². The number of carbonyl (C=O) groups is 5. The van der Waals surface area contributed by atoms with Gasteiger partial charge in [-0.25, -0.2) is 4.98 Å². The molecule has 3 N–H and O–H groups in total. The van der Waals surface area contributed by atoms with E-state index in [0.717, 1.165) is 80.6 Å². The number of hydrogen-bond donors (Lipinski definition) is 3. The molecule has 1 spiro atoms. The van der Waals surface area contributed by atoms with Crippen LogP contribution in [0.15, 0.2) is 53.5 Å². The maximum atomic E-state index is 14.1. The van der Waals surface area contributed by atoms with Gasteiger partial charge in [-0.1, -0.05) is 11.6 Å². The lowest BCUT2D eigenvalue weighted by atomic mass is 9.85. The van der Waals surface area contributed by atoms with Crippen LogP contribution in [0.25, 0.3) is 10.9 Å². The molecule has 0 bridgehead atoms. The average Bonchev–Trinajstić information content (AvgIpc) is 3.94. The highest BCUT2D eigenvalue weighted by molar-refractivity contribution is 6.33. The summed E-state index contributed by atoms with van der Waals surface area (Å²) in [6.45, 7) is 8.51. The quantitative estimate of drug-likeness (QED) is 0.184. The van der Waals surface area contributed by atoms with Crippen LogP contribution in [0.3, 0.4) is 0 Å². The molecular weight excluding hydrogens is 828 g/mol. The number of likely N-dealkylation sites (N-methyl/N-ethyl adjacent to an activating group) is 1. The molecule has 9 rings (SSSR count).